The van der Waals surface area contributed by atoms with Crippen LogP contribution in [0.2, 0.25) is 0 Å². The fraction of sp³-hybridized carbons (Fsp3) is 0.476. The van der Waals surface area contributed by atoms with E-state index in [2.05, 4.69) is 4.98 Å². The van der Waals surface area contributed by atoms with Crippen molar-refractivity contribution in [2.24, 2.45) is 5.14 Å². The highest BCUT2D eigenvalue weighted by atomic mass is 32.2. The van der Waals surface area contributed by atoms with E-state index in [4.69, 9.17) is 10.1 Å². The van der Waals surface area contributed by atoms with Crippen LogP contribution in [0.4, 0.5) is 0 Å². The molecule has 1 unspecified atom stereocenters. The van der Waals surface area contributed by atoms with Crippen molar-refractivity contribution in [1.82, 2.24) is 14.9 Å². The zero-order valence-electron chi connectivity index (χ0n) is 16.4. The van der Waals surface area contributed by atoms with Gasteiger partial charge in [0.1, 0.15) is 0 Å². The molecule has 1 aromatic heterocycles. The van der Waals surface area contributed by atoms with Crippen LogP contribution in [0.25, 0.3) is 11.4 Å². The normalized spacial score (nSPS) is 21.3. The molecule has 1 aromatic carbocycles. The number of carbonyl (C=O) groups excluding carboxylic acids is 1. The lowest BCUT2D eigenvalue weighted by Crippen LogP contribution is -2.48. The van der Waals surface area contributed by atoms with Crippen LogP contribution in [0, 0.1) is 0 Å². The van der Waals surface area contributed by atoms with Gasteiger partial charge in [0, 0.05) is 36.7 Å². The Morgan fingerprint density at radius 1 is 1.21 bits per heavy atom. The van der Waals surface area contributed by atoms with Gasteiger partial charge >= 0.3 is 0 Å². The molecule has 4 rings (SSSR count). The Morgan fingerprint density at radius 2 is 2.00 bits per heavy atom. The Kier molecular flexibility index (Phi) is 5.40. The van der Waals surface area contributed by atoms with Crippen LogP contribution in [0.5, 0.6) is 0 Å². The van der Waals surface area contributed by atoms with Crippen molar-refractivity contribution >= 4 is 15.9 Å². The maximum absolute atomic E-state index is 12.7. The molecule has 2 aliphatic rings. The first-order valence-electron chi connectivity index (χ1n) is 10.1. The number of nitrogens with two attached hydrogens (primary N) is 1. The lowest BCUT2D eigenvalue weighted by Gasteiger charge is -2.40. The molecule has 1 saturated heterocycles. The molecule has 29 heavy (non-hydrogen) atoms. The van der Waals surface area contributed by atoms with Crippen molar-refractivity contribution in [3.63, 3.8) is 0 Å². The standard InChI is InChI=1S/C21H26N4O3S/c22-29(27,28)13-4-8-18(26)25-12-5-10-21(15-25)11-9-17-14-23-20(24-19(17)21)16-6-2-1-3-7-16/h1-3,6-7,14H,4-5,8-13,15H2,(H2,22,27,28). The number of sulfonamides is 1. The number of benzene rings is 1. The van der Waals surface area contributed by atoms with Crippen LogP contribution < -0.4 is 5.14 Å². The molecule has 0 saturated carbocycles. The van der Waals surface area contributed by atoms with Crippen LogP contribution in [-0.2, 0) is 26.7 Å². The van der Waals surface area contributed by atoms with E-state index in [1.54, 1.807) is 0 Å². The second-order valence-electron chi connectivity index (χ2n) is 8.10. The Morgan fingerprint density at radius 3 is 2.76 bits per heavy atom. The van der Waals surface area contributed by atoms with E-state index < -0.39 is 10.0 Å². The Hall–Kier alpha value is -2.32. The van der Waals surface area contributed by atoms with E-state index in [0.29, 0.717) is 13.1 Å². The number of aryl methyl sites for hydroxylation is 1. The average molecular weight is 415 g/mol. The quantitative estimate of drug-likeness (QED) is 0.806. The fourth-order valence-electron chi connectivity index (χ4n) is 4.59. The van der Waals surface area contributed by atoms with Gasteiger partial charge in [-0.05, 0) is 37.7 Å². The number of nitrogens with zero attached hydrogens (tertiary/aromatic N) is 3. The van der Waals surface area contributed by atoms with Crippen molar-refractivity contribution in [3.05, 3.63) is 47.8 Å². The summed E-state index contributed by atoms with van der Waals surface area (Å²) in [5.41, 5.74) is 3.11. The van der Waals surface area contributed by atoms with Gasteiger partial charge in [-0.1, -0.05) is 30.3 Å². The maximum Gasteiger partial charge on any atom is 0.222 e. The predicted octanol–water partition coefficient (Wildman–Crippen LogP) is 2.02. The second-order valence-corrected chi connectivity index (χ2v) is 9.84. The van der Waals surface area contributed by atoms with Crippen LogP contribution in [-0.4, -0.2) is 48.0 Å². The molecule has 2 N–H and O–H groups in total. The third-order valence-corrected chi connectivity index (χ3v) is 6.88. The highest BCUT2D eigenvalue weighted by Crippen LogP contribution is 2.44. The van der Waals surface area contributed by atoms with Crippen LogP contribution in [0.1, 0.15) is 43.4 Å². The number of primary sulfonamides is 1. The summed E-state index contributed by atoms with van der Waals surface area (Å²) in [5.74, 6) is 0.564. The lowest BCUT2D eigenvalue weighted by molar-refractivity contribution is -0.133. The SMILES string of the molecule is NS(=O)(=O)CCCC(=O)N1CCCC2(CCc3cnc(-c4ccccc4)nc32)C1. The fourth-order valence-corrected chi connectivity index (χ4v) is 5.14. The Labute approximate surface area is 171 Å². The summed E-state index contributed by atoms with van der Waals surface area (Å²) in [6.07, 6.45) is 6.23. The summed E-state index contributed by atoms with van der Waals surface area (Å²) < 4.78 is 22.2. The predicted molar refractivity (Wildman–Crippen MR) is 110 cm³/mol. The number of amides is 1. The molecular weight excluding hydrogens is 388 g/mol. The molecule has 2 aromatic rings. The third-order valence-electron chi connectivity index (χ3n) is 6.02. The van der Waals surface area contributed by atoms with Crippen molar-refractivity contribution in [3.8, 4) is 11.4 Å². The van der Waals surface area contributed by atoms with Gasteiger partial charge in [0.2, 0.25) is 15.9 Å². The summed E-state index contributed by atoms with van der Waals surface area (Å²) >= 11 is 0. The highest BCUT2D eigenvalue weighted by molar-refractivity contribution is 7.89. The summed E-state index contributed by atoms with van der Waals surface area (Å²) in [7, 11) is -3.53. The largest absolute Gasteiger partial charge is 0.342 e. The molecule has 1 fully saturated rings. The zero-order chi connectivity index (χ0) is 20.5. The van der Waals surface area contributed by atoms with Gasteiger partial charge in [0.25, 0.3) is 0 Å². The van der Waals surface area contributed by atoms with Gasteiger partial charge in [-0.3, -0.25) is 4.79 Å². The first kappa shape index (κ1) is 20.0. The minimum absolute atomic E-state index is 0.00138. The molecule has 1 amide bonds. The van der Waals surface area contributed by atoms with Crippen LogP contribution in [0.15, 0.2) is 36.5 Å². The number of hydrogen-bond acceptors (Lipinski definition) is 5. The average Bonchev–Trinajstić information content (AvgIpc) is 3.05. The number of hydrogen-bond donors (Lipinski definition) is 1. The lowest BCUT2D eigenvalue weighted by atomic mass is 9.77. The minimum Gasteiger partial charge on any atom is -0.342 e. The van der Waals surface area contributed by atoms with E-state index in [9.17, 15) is 13.2 Å². The Balaban J connectivity index is 1.53. The summed E-state index contributed by atoms with van der Waals surface area (Å²) in [5, 5.41) is 5.04. The number of carbonyl (C=O) groups is 1. The van der Waals surface area contributed by atoms with Crippen molar-refractivity contribution < 1.29 is 13.2 Å². The second kappa shape index (κ2) is 7.84. The molecule has 1 aliphatic carbocycles. The molecule has 1 atom stereocenters. The maximum atomic E-state index is 12.7. The summed E-state index contributed by atoms with van der Waals surface area (Å²) in [6, 6.07) is 9.93. The molecule has 0 bridgehead atoms. The van der Waals surface area contributed by atoms with E-state index >= 15 is 0 Å². The number of aromatic nitrogens is 2. The van der Waals surface area contributed by atoms with Gasteiger partial charge in [0.15, 0.2) is 5.82 Å². The van der Waals surface area contributed by atoms with Gasteiger partial charge in [-0.2, -0.15) is 0 Å². The van der Waals surface area contributed by atoms with Crippen LogP contribution in [0.3, 0.4) is 0 Å². The number of piperidine rings is 1. The van der Waals surface area contributed by atoms with Crippen LogP contribution >= 0.6 is 0 Å². The van der Waals surface area contributed by atoms with Crippen molar-refractivity contribution in [2.45, 2.75) is 43.9 Å². The smallest absolute Gasteiger partial charge is 0.222 e. The molecule has 8 heteroatoms. The third kappa shape index (κ3) is 4.33. The van der Waals surface area contributed by atoms with Gasteiger partial charge in [-0.25, -0.2) is 23.5 Å². The molecule has 154 valence electrons. The monoisotopic (exact) mass is 414 g/mol. The van der Waals surface area contributed by atoms with Crippen molar-refractivity contribution in [1.29, 1.82) is 0 Å². The first-order chi connectivity index (χ1) is 13.9. The van der Waals surface area contributed by atoms with E-state index in [0.717, 1.165) is 42.8 Å². The molecule has 2 heterocycles. The first-order valence-corrected chi connectivity index (χ1v) is 11.8. The number of likely N-dealkylation sites (tertiary alicyclic amines) is 1. The number of rotatable bonds is 5. The summed E-state index contributed by atoms with van der Waals surface area (Å²) in [6.45, 7) is 1.35. The molecule has 1 aliphatic heterocycles. The zero-order valence-corrected chi connectivity index (χ0v) is 17.2. The molecular formula is C21H26N4O3S. The minimum atomic E-state index is -3.53. The van der Waals surface area contributed by atoms with E-state index in [1.807, 2.05) is 41.4 Å². The van der Waals surface area contributed by atoms with E-state index in [1.165, 1.54) is 5.56 Å². The van der Waals surface area contributed by atoms with E-state index in [-0.39, 0.29) is 29.9 Å². The number of fused-ring (bicyclic) bond motifs is 2. The Bertz CT molecular complexity index is 1010. The van der Waals surface area contributed by atoms with Crippen molar-refractivity contribution in [2.75, 3.05) is 18.8 Å². The summed E-state index contributed by atoms with van der Waals surface area (Å²) in [4.78, 5) is 24.1. The molecule has 1 spiro atoms. The van der Waals surface area contributed by atoms with Gasteiger partial charge in [0.05, 0.1) is 11.4 Å². The molecule has 7 nitrogen and oxygen atoms in total. The van der Waals surface area contributed by atoms with Gasteiger partial charge in [-0.15, -0.1) is 0 Å². The molecule has 0 radical (unpaired) electrons. The highest BCUT2D eigenvalue weighted by Gasteiger charge is 2.44. The topological polar surface area (TPSA) is 106 Å². The van der Waals surface area contributed by atoms with Gasteiger partial charge < -0.3 is 4.90 Å².